The van der Waals surface area contributed by atoms with E-state index in [2.05, 4.69) is 9.82 Å². The largest absolute Gasteiger partial charge is 0.444 e. The van der Waals surface area contributed by atoms with Crippen molar-refractivity contribution in [3.63, 3.8) is 0 Å². The first kappa shape index (κ1) is 19.2. The van der Waals surface area contributed by atoms with Crippen molar-refractivity contribution in [1.29, 1.82) is 0 Å². The minimum Gasteiger partial charge on any atom is -0.444 e. The fourth-order valence-electron chi connectivity index (χ4n) is 2.65. The van der Waals surface area contributed by atoms with E-state index < -0.39 is 32.4 Å². The van der Waals surface area contributed by atoms with Crippen LogP contribution in [0.3, 0.4) is 0 Å². The highest BCUT2D eigenvalue weighted by Gasteiger charge is 2.27. The van der Waals surface area contributed by atoms with E-state index in [1.165, 1.54) is 29.2 Å². The van der Waals surface area contributed by atoms with Crippen molar-refractivity contribution >= 4 is 21.9 Å². The van der Waals surface area contributed by atoms with Crippen LogP contribution in [-0.4, -0.2) is 41.3 Å². The fourth-order valence-corrected chi connectivity index (χ4v) is 3.72. The number of rotatable bonds is 3. The third-order valence-corrected chi connectivity index (χ3v) is 5.20. The summed E-state index contributed by atoms with van der Waals surface area (Å²) in [5.41, 5.74) is 0.0494. The van der Waals surface area contributed by atoms with Crippen LogP contribution < -0.4 is 4.72 Å². The predicted molar refractivity (Wildman–Crippen MR) is 96.1 cm³/mol. The third-order valence-electron chi connectivity index (χ3n) is 3.81. The molecule has 1 aliphatic heterocycles. The van der Waals surface area contributed by atoms with Gasteiger partial charge in [-0.2, -0.15) is 5.10 Å². The number of anilines is 1. The molecule has 0 bridgehead atoms. The van der Waals surface area contributed by atoms with E-state index in [9.17, 15) is 17.6 Å². The van der Waals surface area contributed by atoms with Gasteiger partial charge in [-0.1, -0.05) is 12.1 Å². The van der Waals surface area contributed by atoms with E-state index in [1.54, 1.807) is 25.5 Å². The SMILES string of the molecule is CC(C)(C)OC(=O)N1CCn2nc(NS(=O)(=O)c3ccccc3F)cc2C1. The number of aromatic nitrogens is 2. The minimum absolute atomic E-state index is 0.0688. The molecule has 0 spiro atoms. The lowest BCUT2D eigenvalue weighted by Crippen LogP contribution is -2.41. The zero-order chi connectivity index (χ0) is 19.8. The van der Waals surface area contributed by atoms with Gasteiger partial charge in [0.1, 0.15) is 16.3 Å². The molecule has 146 valence electrons. The molecule has 10 heteroatoms. The lowest BCUT2D eigenvalue weighted by molar-refractivity contribution is 0.0194. The van der Waals surface area contributed by atoms with Crippen LogP contribution in [0.4, 0.5) is 15.0 Å². The molecule has 2 heterocycles. The van der Waals surface area contributed by atoms with Gasteiger partial charge in [-0.15, -0.1) is 0 Å². The quantitative estimate of drug-likeness (QED) is 0.861. The smallest absolute Gasteiger partial charge is 0.410 e. The standard InChI is InChI=1S/C17H21FN4O4S/c1-17(2,3)26-16(23)21-8-9-22-12(11-21)10-15(19-22)20-27(24,25)14-7-5-4-6-13(14)18/h4-7,10H,8-9,11H2,1-3H3,(H,19,20). The second-order valence-corrected chi connectivity index (χ2v) is 8.83. The Kier molecular flexibility index (Phi) is 4.85. The summed E-state index contributed by atoms with van der Waals surface area (Å²) in [5.74, 6) is -0.774. The maximum absolute atomic E-state index is 13.8. The Morgan fingerprint density at radius 2 is 1.96 bits per heavy atom. The number of ether oxygens (including phenoxy) is 1. The molecule has 1 aromatic carbocycles. The Balaban J connectivity index is 1.75. The van der Waals surface area contributed by atoms with Crippen LogP contribution >= 0.6 is 0 Å². The summed E-state index contributed by atoms with van der Waals surface area (Å²) in [5, 5.41) is 4.18. The number of nitrogens with zero attached hydrogens (tertiary/aromatic N) is 3. The molecule has 0 aliphatic carbocycles. The summed E-state index contributed by atoms with van der Waals surface area (Å²) in [6.45, 7) is 6.39. The third kappa shape index (κ3) is 4.38. The Bertz CT molecular complexity index is 966. The van der Waals surface area contributed by atoms with E-state index in [4.69, 9.17) is 4.74 Å². The molecule has 0 saturated heterocycles. The molecule has 0 saturated carbocycles. The van der Waals surface area contributed by atoms with Crippen LogP contribution in [0, 0.1) is 5.82 Å². The zero-order valence-corrected chi connectivity index (χ0v) is 16.1. The Labute approximate surface area is 157 Å². The van der Waals surface area contributed by atoms with Crippen LogP contribution in [0.2, 0.25) is 0 Å². The normalized spacial score (nSPS) is 14.6. The summed E-state index contributed by atoms with van der Waals surface area (Å²) in [7, 11) is -4.10. The highest BCUT2D eigenvalue weighted by molar-refractivity contribution is 7.92. The van der Waals surface area contributed by atoms with Gasteiger partial charge in [0.2, 0.25) is 0 Å². The number of carbonyl (C=O) groups excluding carboxylic acids is 1. The predicted octanol–water partition coefficient (Wildman–Crippen LogP) is 2.57. The molecule has 1 amide bonds. The summed E-state index contributed by atoms with van der Waals surface area (Å²) in [4.78, 5) is 13.3. The molecule has 0 fully saturated rings. The van der Waals surface area contributed by atoms with Crippen LogP contribution in [0.5, 0.6) is 0 Å². The van der Waals surface area contributed by atoms with Crippen molar-refractivity contribution in [3.8, 4) is 0 Å². The Hall–Kier alpha value is -2.62. The first-order valence-corrected chi connectivity index (χ1v) is 9.85. The van der Waals surface area contributed by atoms with E-state index in [1.807, 2.05) is 0 Å². The topological polar surface area (TPSA) is 93.5 Å². The number of nitrogens with one attached hydrogen (secondary N) is 1. The second kappa shape index (κ2) is 6.84. The summed E-state index contributed by atoms with van der Waals surface area (Å²) in [6, 6.07) is 6.63. The first-order chi connectivity index (χ1) is 12.5. The van der Waals surface area contributed by atoms with Crippen molar-refractivity contribution in [1.82, 2.24) is 14.7 Å². The molecule has 3 rings (SSSR count). The second-order valence-electron chi connectivity index (χ2n) is 7.18. The molecule has 0 radical (unpaired) electrons. The molecule has 0 unspecified atom stereocenters. The maximum atomic E-state index is 13.8. The average Bonchev–Trinajstić information content (AvgIpc) is 2.93. The van der Waals surface area contributed by atoms with E-state index in [-0.39, 0.29) is 12.4 Å². The van der Waals surface area contributed by atoms with Crippen LogP contribution in [0.15, 0.2) is 35.2 Å². The van der Waals surface area contributed by atoms with Gasteiger partial charge >= 0.3 is 6.09 Å². The first-order valence-electron chi connectivity index (χ1n) is 8.37. The molecule has 1 N–H and O–H groups in total. The lowest BCUT2D eigenvalue weighted by Gasteiger charge is -2.30. The van der Waals surface area contributed by atoms with Gasteiger partial charge < -0.3 is 9.64 Å². The number of amides is 1. The van der Waals surface area contributed by atoms with Crippen molar-refractivity contribution in [2.75, 3.05) is 11.3 Å². The number of hydrogen-bond acceptors (Lipinski definition) is 5. The maximum Gasteiger partial charge on any atom is 0.410 e. The Morgan fingerprint density at radius 3 is 2.63 bits per heavy atom. The van der Waals surface area contributed by atoms with Crippen molar-refractivity contribution in [2.24, 2.45) is 0 Å². The molecular formula is C17H21FN4O4S. The Morgan fingerprint density at radius 1 is 1.26 bits per heavy atom. The van der Waals surface area contributed by atoms with Crippen molar-refractivity contribution in [3.05, 3.63) is 41.8 Å². The zero-order valence-electron chi connectivity index (χ0n) is 15.3. The van der Waals surface area contributed by atoms with Crippen molar-refractivity contribution in [2.45, 2.75) is 44.4 Å². The number of benzene rings is 1. The van der Waals surface area contributed by atoms with Gasteiger partial charge in [-0.05, 0) is 32.9 Å². The minimum atomic E-state index is -4.10. The number of fused-ring (bicyclic) bond motifs is 1. The van der Waals surface area contributed by atoms with E-state index in [0.717, 1.165) is 6.07 Å². The van der Waals surface area contributed by atoms with Gasteiger partial charge in [0.25, 0.3) is 10.0 Å². The van der Waals surface area contributed by atoms with Gasteiger partial charge in [0, 0.05) is 12.6 Å². The number of carbonyl (C=O) groups is 1. The van der Waals surface area contributed by atoms with Crippen LogP contribution in [0.1, 0.15) is 26.5 Å². The molecular weight excluding hydrogens is 375 g/mol. The highest BCUT2D eigenvalue weighted by atomic mass is 32.2. The summed E-state index contributed by atoms with van der Waals surface area (Å²) in [6.07, 6.45) is -0.441. The molecule has 2 aromatic rings. The van der Waals surface area contributed by atoms with E-state index in [0.29, 0.717) is 18.8 Å². The van der Waals surface area contributed by atoms with Gasteiger partial charge in [0.05, 0.1) is 18.8 Å². The molecule has 8 nitrogen and oxygen atoms in total. The fraction of sp³-hybridized carbons (Fsp3) is 0.412. The monoisotopic (exact) mass is 396 g/mol. The average molecular weight is 396 g/mol. The highest BCUT2D eigenvalue weighted by Crippen LogP contribution is 2.22. The van der Waals surface area contributed by atoms with Gasteiger partial charge in [0.15, 0.2) is 5.82 Å². The summed E-state index contributed by atoms with van der Waals surface area (Å²) < 4.78 is 47.8. The van der Waals surface area contributed by atoms with Crippen LogP contribution in [-0.2, 0) is 27.8 Å². The number of hydrogen-bond donors (Lipinski definition) is 1. The summed E-state index contributed by atoms with van der Waals surface area (Å²) >= 11 is 0. The van der Waals surface area contributed by atoms with Crippen LogP contribution in [0.25, 0.3) is 0 Å². The lowest BCUT2D eigenvalue weighted by atomic mass is 10.2. The van der Waals surface area contributed by atoms with Gasteiger partial charge in [-0.3, -0.25) is 9.40 Å². The molecule has 1 aromatic heterocycles. The van der Waals surface area contributed by atoms with Crippen molar-refractivity contribution < 1.29 is 22.3 Å². The molecule has 0 atom stereocenters. The number of sulfonamides is 1. The molecule has 1 aliphatic rings. The number of halogens is 1. The van der Waals surface area contributed by atoms with E-state index >= 15 is 0 Å². The molecule has 27 heavy (non-hydrogen) atoms. The van der Waals surface area contributed by atoms with Gasteiger partial charge in [-0.25, -0.2) is 17.6 Å².